The van der Waals surface area contributed by atoms with Crippen LogP contribution in [0.2, 0.25) is 10.0 Å². The minimum Gasteiger partial charge on any atom is -0.328 e. The van der Waals surface area contributed by atoms with Crippen molar-refractivity contribution in [2.45, 2.75) is 57.7 Å². The van der Waals surface area contributed by atoms with E-state index >= 15 is 0 Å². The number of halogens is 2. The first-order valence-corrected chi connectivity index (χ1v) is 8.28. The van der Waals surface area contributed by atoms with Gasteiger partial charge in [-0.3, -0.25) is 4.90 Å². The molecule has 0 aliphatic heterocycles. The van der Waals surface area contributed by atoms with E-state index in [1.54, 1.807) is 6.07 Å². The SMILES string of the molecule is CCCN(Cc1cc(Cl)cc(Cl)c1)C1CCC(N)CC1. The Morgan fingerprint density at radius 1 is 1.10 bits per heavy atom. The molecule has 112 valence electrons. The topological polar surface area (TPSA) is 29.3 Å². The van der Waals surface area contributed by atoms with Crippen LogP contribution in [0.15, 0.2) is 18.2 Å². The number of nitrogens with two attached hydrogens (primary N) is 1. The molecule has 0 saturated heterocycles. The second kappa shape index (κ2) is 7.65. The Kier molecular flexibility index (Phi) is 6.16. The van der Waals surface area contributed by atoms with Gasteiger partial charge in [0, 0.05) is 28.7 Å². The Labute approximate surface area is 132 Å². The zero-order valence-corrected chi connectivity index (χ0v) is 13.6. The normalized spacial score (nSPS) is 23.2. The van der Waals surface area contributed by atoms with Gasteiger partial charge in [-0.05, 0) is 62.4 Å². The van der Waals surface area contributed by atoms with Crippen molar-refractivity contribution in [3.05, 3.63) is 33.8 Å². The van der Waals surface area contributed by atoms with Crippen molar-refractivity contribution < 1.29 is 0 Å². The molecule has 1 aliphatic rings. The quantitative estimate of drug-likeness (QED) is 0.868. The van der Waals surface area contributed by atoms with Crippen molar-refractivity contribution in [2.24, 2.45) is 5.73 Å². The van der Waals surface area contributed by atoms with E-state index in [2.05, 4.69) is 11.8 Å². The lowest BCUT2D eigenvalue weighted by Gasteiger charge is -2.36. The average Bonchev–Trinajstić information content (AvgIpc) is 2.38. The molecular weight excluding hydrogens is 291 g/mol. The van der Waals surface area contributed by atoms with Crippen LogP contribution in [-0.4, -0.2) is 23.5 Å². The summed E-state index contributed by atoms with van der Waals surface area (Å²) >= 11 is 12.2. The second-order valence-electron chi connectivity index (χ2n) is 5.82. The summed E-state index contributed by atoms with van der Waals surface area (Å²) in [6.45, 7) is 4.27. The molecule has 0 aromatic heterocycles. The lowest BCUT2D eigenvalue weighted by atomic mass is 9.90. The number of hydrogen-bond donors (Lipinski definition) is 1. The van der Waals surface area contributed by atoms with E-state index in [-0.39, 0.29) is 0 Å². The number of hydrogen-bond acceptors (Lipinski definition) is 2. The van der Waals surface area contributed by atoms with Crippen molar-refractivity contribution in [1.82, 2.24) is 4.90 Å². The van der Waals surface area contributed by atoms with E-state index in [1.165, 1.54) is 18.4 Å². The fraction of sp³-hybridized carbons (Fsp3) is 0.625. The summed E-state index contributed by atoms with van der Waals surface area (Å²) in [5, 5.41) is 1.43. The first-order chi connectivity index (χ1) is 9.58. The third kappa shape index (κ3) is 4.63. The molecule has 2 nitrogen and oxygen atoms in total. The molecule has 1 aliphatic carbocycles. The van der Waals surface area contributed by atoms with Gasteiger partial charge >= 0.3 is 0 Å². The van der Waals surface area contributed by atoms with Crippen molar-refractivity contribution >= 4 is 23.2 Å². The maximum absolute atomic E-state index is 6.10. The molecule has 4 heteroatoms. The summed E-state index contributed by atoms with van der Waals surface area (Å²) in [5.41, 5.74) is 7.21. The zero-order valence-electron chi connectivity index (χ0n) is 12.1. The largest absolute Gasteiger partial charge is 0.328 e. The smallest absolute Gasteiger partial charge is 0.0424 e. The van der Waals surface area contributed by atoms with Gasteiger partial charge in [0.05, 0.1) is 0 Å². The third-order valence-corrected chi connectivity index (χ3v) is 4.51. The third-order valence-electron chi connectivity index (χ3n) is 4.08. The van der Waals surface area contributed by atoms with E-state index in [9.17, 15) is 0 Å². The Bertz CT molecular complexity index is 408. The molecule has 0 radical (unpaired) electrons. The van der Waals surface area contributed by atoms with E-state index in [0.29, 0.717) is 12.1 Å². The van der Waals surface area contributed by atoms with E-state index in [4.69, 9.17) is 28.9 Å². The monoisotopic (exact) mass is 314 g/mol. The molecule has 1 saturated carbocycles. The van der Waals surface area contributed by atoms with Gasteiger partial charge in [0.1, 0.15) is 0 Å². The molecule has 1 aromatic carbocycles. The van der Waals surface area contributed by atoms with Crippen LogP contribution in [-0.2, 0) is 6.54 Å². The van der Waals surface area contributed by atoms with Crippen LogP contribution in [0.3, 0.4) is 0 Å². The summed E-state index contributed by atoms with van der Waals surface area (Å²) < 4.78 is 0. The highest BCUT2D eigenvalue weighted by atomic mass is 35.5. The average molecular weight is 315 g/mol. The van der Waals surface area contributed by atoms with Gasteiger partial charge in [-0.15, -0.1) is 0 Å². The van der Waals surface area contributed by atoms with Gasteiger partial charge in [-0.2, -0.15) is 0 Å². The molecule has 0 heterocycles. The van der Waals surface area contributed by atoms with E-state index in [1.807, 2.05) is 12.1 Å². The van der Waals surface area contributed by atoms with Crippen LogP contribution in [0.4, 0.5) is 0 Å². The van der Waals surface area contributed by atoms with Gasteiger partial charge in [0.25, 0.3) is 0 Å². The first kappa shape index (κ1) is 16.1. The summed E-state index contributed by atoms with van der Waals surface area (Å²) in [6, 6.07) is 6.87. The Hall–Kier alpha value is -0.280. The Balaban J connectivity index is 2.04. The Morgan fingerprint density at radius 2 is 1.70 bits per heavy atom. The lowest BCUT2D eigenvalue weighted by Crippen LogP contribution is -2.40. The predicted octanol–water partition coefficient (Wildman–Crippen LogP) is 4.48. The van der Waals surface area contributed by atoms with Crippen LogP contribution in [0, 0.1) is 0 Å². The number of nitrogens with zero attached hydrogens (tertiary/aromatic N) is 1. The number of rotatable bonds is 5. The van der Waals surface area contributed by atoms with Crippen molar-refractivity contribution in [1.29, 1.82) is 0 Å². The Morgan fingerprint density at radius 3 is 2.25 bits per heavy atom. The van der Waals surface area contributed by atoms with Gasteiger partial charge in [-0.25, -0.2) is 0 Å². The maximum Gasteiger partial charge on any atom is 0.0424 e. The molecule has 0 unspecified atom stereocenters. The van der Waals surface area contributed by atoms with Crippen LogP contribution in [0.5, 0.6) is 0 Å². The van der Waals surface area contributed by atoms with E-state index < -0.39 is 0 Å². The molecule has 0 amide bonds. The van der Waals surface area contributed by atoms with Crippen molar-refractivity contribution in [3.8, 4) is 0 Å². The molecule has 2 rings (SSSR count). The molecule has 0 spiro atoms. The summed E-state index contributed by atoms with van der Waals surface area (Å²) in [6.07, 6.45) is 5.85. The maximum atomic E-state index is 6.10. The summed E-state index contributed by atoms with van der Waals surface area (Å²) in [4.78, 5) is 2.56. The van der Waals surface area contributed by atoms with E-state index in [0.717, 1.165) is 42.4 Å². The fourth-order valence-electron chi connectivity index (χ4n) is 3.08. The fourth-order valence-corrected chi connectivity index (χ4v) is 3.65. The molecule has 0 bridgehead atoms. The number of benzene rings is 1. The summed E-state index contributed by atoms with van der Waals surface area (Å²) in [7, 11) is 0. The molecule has 0 atom stereocenters. The van der Waals surface area contributed by atoms with Crippen molar-refractivity contribution in [3.63, 3.8) is 0 Å². The van der Waals surface area contributed by atoms with Crippen LogP contribution in [0.1, 0.15) is 44.6 Å². The van der Waals surface area contributed by atoms with Crippen LogP contribution in [0.25, 0.3) is 0 Å². The standard InChI is InChI=1S/C16H24Cl2N2/c1-2-7-20(16-5-3-15(19)4-6-16)11-12-8-13(17)10-14(18)9-12/h8-10,15-16H,2-7,11,19H2,1H3. The predicted molar refractivity (Wildman–Crippen MR) is 87.4 cm³/mol. The first-order valence-electron chi connectivity index (χ1n) is 7.53. The second-order valence-corrected chi connectivity index (χ2v) is 6.69. The lowest BCUT2D eigenvalue weighted by molar-refractivity contribution is 0.142. The molecule has 1 aromatic rings. The van der Waals surface area contributed by atoms with Gasteiger partial charge in [-0.1, -0.05) is 30.1 Å². The highest BCUT2D eigenvalue weighted by Gasteiger charge is 2.23. The molecular formula is C16H24Cl2N2. The zero-order chi connectivity index (χ0) is 14.5. The van der Waals surface area contributed by atoms with Gasteiger partial charge < -0.3 is 5.73 Å². The molecule has 1 fully saturated rings. The highest BCUT2D eigenvalue weighted by Crippen LogP contribution is 2.26. The van der Waals surface area contributed by atoms with Crippen LogP contribution >= 0.6 is 23.2 Å². The minimum atomic E-state index is 0.398. The van der Waals surface area contributed by atoms with Gasteiger partial charge in [0.2, 0.25) is 0 Å². The molecule has 20 heavy (non-hydrogen) atoms. The van der Waals surface area contributed by atoms with Gasteiger partial charge in [0.15, 0.2) is 0 Å². The molecule has 2 N–H and O–H groups in total. The highest BCUT2D eigenvalue weighted by molar-refractivity contribution is 6.34. The van der Waals surface area contributed by atoms with Crippen molar-refractivity contribution in [2.75, 3.05) is 6.54 Å². The summed E-state index contributed by atoms with van der Waals surface area (Å²) in [5.74, 6) is 0. The van der Waals surface area contributed by atoms with Crippen LogP contribution < -0.4 is 5.73 Å². The minimum absolute atomic E-state index is 0.398.